The standard InChI is InChI=1S/C13H25N3O2S.HI/c1-10(2)7-14-13(16-12-3-4-12)15-8-11-5-6-19(17,18)9-11;/h10-12H,3-9H2,1-2H3,(H2,14,15,16);1H. The summed E-state index contributed by atoms with van der Waals surface area (Å²) >= 11 is 0. The molecule has 7 heteroatoms. The molecule has 1 heterocycles. The lowest BCUT2D eigenvalue weighted by atomic mass is 10.1. The van der Waals surface area contributed by atoms with Crippen molar-refractivity contribution in [1.29, 1.82) is 0 Å². The maximum absolute atomic E-state index is 11.4. The summed E-state index contributed by atoms with van der Waals surface area (Å²) in [6, 6.07) is 0.561. The van der Waals surface area contributed by atoms with Gasteiger partial charge < -0.3 is 10.6 Å². The second-order valence-electron chi connectivity index (χ2n) is 6.15. The fraction of sp³-hybridized carbons (Fsp3) is 0.923. The molecule has 0 aromatic heterocycles. The maximum Gasteiger partial charge on any atom is 0.191 e. The van der Waals surface area contributed by atoms with Crippen LogP contribution in [-0.4, -0.2) is 45.0 Å². The highest BCUT2D eigenvalue weighted by Gasteiger charge is 2.28. The summed E-state index contributed by atoms with van der Waals surface area (Å²) in [6.07, 6.45) is 3.19. The van der Waals surface area contributed by atoms with E-state index in [1.807, 2.05) is 0 Å². The summed E-state index contributed by atoms with van der Waals surface area (Å²) in [4.78, 5) is 4.55. The molecule has 2 N–H and O–H groups in total. The van der Waals surface area contributed by atoms with E-state index >= 15 is 0 Å². The van der Waals surface area contributed by atoms with Gasteiger partial charge in [-0.15, -0.1) is 24.0 Å². The largest absolute Gasteiger partial charge is 0.356 e. The third kappa shape index (κ3) is 6.60. The molecule has 1 aliphatic carbocycles. The number of sulfone groups is 1. The Balaban J connectivity index is 0.00000200. The molecule has 1 saturated heterocycles. The van der Waals surface area contributed by atoms with Crippen LogP contribution in [0, 0.1) is 11.8 Å². The van der Waals surface area contributed by atoms with Crippen molar-refractivity contribution in [3.8, 4) is 0 Å². The van der Waals surface area contributed by atoms with Crippen LogP contribution in [0.1, 0.15) is 33.1 Å². The van der Waals surface area contributed by atoms with Crippen LogP contribution in [0.3, 0.4) is 0 Å². The van der Waals surface area contributed by atoms with Crippen molar-refractivity contribution < 1.29 is 8.42 Å². The van der Waals surface area contributed by atoms with Crippen LogP contribution in [0.4, 0.5) is 0 Å². The summed E-state index contributed by atoms with van der Waals surface area (Å²) in [5.41, 5.74) is 0. The summed E-state index contributed by atoms with van der Waals surface area (Å²) in [7, 11) is -2.78. The van der Waals surface area contributed by atoms with Gasteiger partial charge in [-0.25, -0.2) is 8.42 Å². The highest BCUT2D eigenvalue weighted by Crippen LogP contribution is 2.19. The van der Waals surface area contributed by atoms with Crippen molar-refractivity contribution in [2.75, 3.05) is 24.6 Å². The minimum Gasteiger partial charge on any atom is -0.356 e. The number of hydrogen-bond donors (Lipinski definition) is 2. The van der Waals surface area contributed by atoms with Crippen LogP contribution in [0.25, 0.3) is 0 Å². The lowest BCUT2D eigenvalue weighted by Crippen LogP contribution is -2.41. The lowest BCUT2D eigenvalue weighted by molar-refractivity contribution is 0.564. The summed E-state index contributed by atoms with van der Waals surface area (Å²) in [5.74, 6) is 2.27. The first-order valence-electron chi connectivity index (χ1n) is 7.20. The summed E-state index contributed by atoms with van der Waals surface area (Å²) < 4.78 is 22.8. The van der Waals surface area contributed by atoms with Gasteiger partial charge in [-0.1, -0.05) is 13.8 Å². The molecule has 1 unspecified atom stereocenters. The number of rotatable bonds is 5. The minimum absolute atomic E-state index is 0. The van der Waals surface area contributed by atoms with E-state index in [0.29, 0.717) is 30.0 Å². The van der Waals surface area contributed by atoms with E-state index in [9.17, 15) is 8.42 Å². The Morgan fingerprint density at radius 3 is 2.50 bits per heavy atom. The Labute approximate surface area is 139 Å². The number of aliphatic imine (C=N–C) groups is 1. The van der Waals surface area contributed by atoms with E-state index < -0.39 is 9.84 Å². The SMILES string of the molecule is CC(C)CN=C(NCC1CCS(=O)(=O)C1)NC1CC1.I. The molecule has 1 saturated carbocycles. The first-order valence-corrected chi connectivity index (χ1v) is 9.02. The number of hydrogen-bond acceptors (Lipinski definition) is 3. The predicted molar refractivity (Wildman–Crippen MR) is 93.5 cm³/mol. The molecule has 0 radical (unpaired) electrons. The van der Waals surface area contributed by atoms with E-state index in [-0.39, 0.29) is 29.9 Å². The van der Waals surface area contributed by atoms with Gasteiger partial charge in [0, 0.05) is 19.1 Å². The van der Waals surface area contributed by atoms with E-state index in [1.165, 1.54) is 12.8 Å². The van der Waals surface area contributed by atoms with Crippen LogP contribution in [0.15, 0.2) is 4.99 Å². The van der Waals surface area contributed by atoms with Crippen molar-refractivity contribution in [2.45, 2.75) is 39.2 Å². The van der Waals surface area contributed by atoms with Gasteiger partial charge in [0.05, 0.1) is 11.5 Å². The fourth-order valence-corrected chi connectivity index (χ4v) is 3.98. The molecule has 0 bridgehead atoms. The number of halogens is 1. The zero-order valence-corrected chi connectivity index (χ0v) is 15.4. The predicted octanol–water partition coefficient (Wildman–Crippen LogP) is 1.39. The molecule has 1 aliphatic heterocycles. The van der Waals surface area contributed by atoms with E-state index in [1.54, 1.807) is 0 Å². The van der Waals surface area contributed by atoms with E-state index in [2.05, 4.69) is 29.5 Å². The van der Waals surface area contributed by atoms with Gasteiger partial charge in [0.1, 0.15) is 0 Å². The van der Waals surface area contributed by atoms with E-state index in [4.69, 9.17) is 0 Å². The van der Waals surface area contributed by atoms with Crippen LogP contribution in [-0.2, 0) is 9.84 Å². The average molecular weight is 415 g/mol. The van der Waals surface area contributed by atoms with Crippen molar-refractivity contribution in [2.24, 2.45) is 16.8 Å². The zero-order chi connectivity index (χ0) is 13.9. The molecule has 5 nitrogen and oxygen atoms in total. The van der Waals surface area contributed by atoms with Crippen molar-refractivity contribution in [1.82, 2.24) is 10.6 Å². The van der Waals surface area contributed by atoms with Crippen molar-refractivity contribution in [3.05, 3.63) is 0 Å². The fourth-order valence-electron chi connectivity index (χ4n) is 2.12. The molecule has 0 aromatic rings. The van der Waals surface area contributed by atoms with Gasteiger partial charge >= 0.3 is 0 Å². The Morgan fingerprint density at radius 1 is 1.30 bits per heavy atom. The molecule has 2 fully saturated rings. The molecule has 118 valence electrons. The Hall–Kier alpha value is -0.0500. The van der Waals surface area contributed by atoms with E-state index in [0.717, 1.165) is 18.9 Å². The Bertz CT molecular complexity index is 433. The quantitative estimate of drug-likeness (QED) is 0.405. The highest BCUT2D eigenvalue weighted by molar-refractivity contribution is 14.0. The van der Waals surface area contributed by atoms with Gasteiger partial charge in [0.25, 0.3) is 0 Å². The van der Waals surface area contributed by atoms with Gasteiger partial charge in [-0.3, -0.25) is 4.99 Å². The van der Waals surface area contributed by atoms with Crippen LogP contribution in [0.5, 0.6) is 0 Å². The third-order valence-electron chi connectivity index (χ3n) is 3.42. The normalized spacial score (nSPS) is 25.4. The maximum atomic E-state index is 11.4. The lowest BCUT2D eigenvalue weighted by Gasteiger charge is -2.15. The van der Waals surface area contributed by atoms with Crippen molar-refractivity contribution >= 4 is 39.8 Å². The number of nitrogens with zero attached hydrogens (tertiary/aromatic N) is 1. The molecule has 0 aromatic carbocycles. The first-order chi connectivity index (χ1) is 8.94. The molecule has 0 amide bonds. The highest BCUT2D eigenvalue weighted by atomic mass is 127. The molecular formula is C13H26IN3O2S. The van der Waals surface area contributed by atoms with Crippen LogP contribution >= 0.6 is 24.0 Å². The molecule has 2 aliphatic rings. The second-order valence-corrected chi connectivity index (χ2v) is 8.38. The first kappa shape index (κ1) is 18.0. The van der Waals surface area contributed by atoms with Gasteiger partial charge in [0.15, 0.2) is 15.8 Å². The molecule has 1 atom stereocenters. The topological polar surface area (TPSA) is 70.6 Å². The third-order valence-corrected chi connectivity index (χ3v) is 5.25. The number of guanidine groups is 1. The van der Waals surface area contributed by atoms with Crippen LogP contribution < -0.4 is 10.6 Å². The molecular weight excluding hydrogens is 389 g/mol. The summed E-state index contributed by atoms with van der Waals surface area (Å²) in [5, 5.41) is 6.68. The average Bonchev–Trinajstić information content (AvgIpc) is 3.06. The zero-order valence-electron chi connectivity index (χ0n) is 12.3. The van der Waals surface area contributed by atoms with Crippen molar-refractivity contribution in [3.63, 3.8) is 0 Å². The number of nitrogens with one attached hydrogen (secondary N) is 2. The summed E-state index contributed by atoms with van der Waals surface area (Å²) in [6.45, 7) is 5.78. The monoisotopic (exact) mass is 415 g/mol. The van der Waals surface area contributed by atoms with Gasteiger partial charge in [-0.05, 0) is 31.1 Å². The van der Waals surface area contributed by atoms with Gasteiger partial charge in [0.2, 0.25) is 0 Å². The van der Waals surface area contributed by atoms with Crippen LogP contribution in [0.2, 0.25) is 0 Å². The molecule has 0 spiro atoms. The molecule has 20 heavy (non-hydrogen) atoms. The Kier molecular flexibility index (Phi) is 7.03. The Morgan fingerprint density at radius 2 is 2.00 bits per heavy atom. The second kappa shape index (κ2) is 7.82. The molecule has 2 rings (SSSR count). The minimum atomic E-state index is -2.78. The smallest absolute Gasteiger partial charge is 0.191 e. The van der Waals surface area contributed by atoms with Gasteiger partial charge in [-0.2, -0.15) is 0 Å².